The first-order valence-electron chi connectivity index (χ1n) is 7.93. The van der Waals surface area contributed by atoms with E-state index in [1.54, 1.807) is 0 Å². The van der Waals surface area contributed by atoms with Crippen LogP contribution in [0.15, 0.2) is 10.8 Å². The Hall–Kier alpha value is 0.170. The molecule has 0 N–H and O–H groups in total. The SMILES string of the molecule is CCCCCC(CCOCC1COc2cscc2O1)O[SH](=O)=O.[NaH]. The van der Waals surface area contributed by atoms with Crippen molar-refractivity contribution in [2.24, 2.45) is 0 Å². The normalized spacial score (nSPS) is 17.5. The number of ether oxygens (including phenoxy) is 3. The van der Waals surface area contributed by atoms with Crippen LogP contribution in [0, 0.1) is 0 Å². The molecule has 1 aliphatic heterocycles. The number of rotatable bonds is 11. The molecule has 2 heterocycles. The topological polar surface area (TPSA) is 71.1 Å². The summed E-state index contributed by atoms with van der Waals surface area (Å²) in [6, 6.07) is 0. The minimum absolute atomic E-state index is 0. The van der Waals surface area contributed by atoms with Crippen LogP contribution in [-0.2, 0) is 19.9 Å². The van der Waals surface area contributed by atoms with Gasteiger partial charge in [0.2, 0.25) is 0 Å². The second-order valence-corrected chi connectivity index (χ2v) is 6.86. The summed E-state index contributed by atoms with van der Waals surface area (Å²) in [5.74, 6) is 1.55. The molecule has 0 radical (unpaired) electrons. The first kappa shape index (κ1) is 22.2. The fourth-order valence-corrected chi connectivity index (χ4v) is 3.49. The Balaban J connectivity index is 0.00000288. The van der Waals surface area contributed by atoms with Gasteiger partial charge in [-0.25, -0.2) is 8.42 Å². The van der Waals surface area contributed by atoms with Crippen molar-refractivity contribution >= 4 is 51.9 Å². The third kappa shape index (κ3) is 8.03. The minimum atomic E-state index is -2.82. The van der Waals surface area contributed by atoms with Gasteiger partial charge < -0.3 is 14.2 Å². The molecule has 0 fully saturated rings. The molecular formula is C15H25NaO6S2. The molecular weight excluding hydrogens is 363 g/mol. The molecule has 6 nitrogen and oxygen atoms in total. The summed E-state index contributed by atoms with van der Waals surface area (Å²) in [5.41, 5.74) is 0. The molecule has 2 rings (SSSR count). The molecule has 134 valence electrons. The molecule has 1 aliphatic rings. The Labute approximate surface area is 171 Å². The Morgan fingerprint density at radius 3 is 2.83 bits per heavy atom. The zero-order valence-corrected chi connectivity index (χ0v) is 15.0. The van der Waals surface area contributed by atoms with E-state index < -0.39 is 11.0 Å². The standard InChI is InChI=1S/C15H24O6S2.Na.H/c1-2-3-4-5-12(21-23(16)17)6-7-18-8-13-9-19-14-10-22-11-15(14)20-13;;/h10-13,23H,2-9H2,1H3;;. The van der Waals surface area contributed by atoms with E-state index in [-0.39, 0.29) is 41.8 Å². The van der Waals surface area contributed by atoms with Crippen LogP contribution in [-0.4, -0.2) is 70.0 Å². The molecule has 1 aromatic rings. The molecule has 0 aliphatic carbocycles. The van der Waals surface area contributed by atoms with Crippen LogP contribution >= 0.6 is 11.3 Å². The van der Waals surface area contributed by atoms with Crippen LogP contribution in [0.25, 0.3) is 0 Å². The molecule has 0 spiro atoms. The van der Waals surface area contributed by atoms with Crippen molar-refractivity contribution in [2.45, 2.75) is 51.2 Å². The van der Waals surface area contributed by atoms with Crippen LogP contribution in [0.5, 0.6) is 11.5 Å². The number of thiophene rings is 1. The zero-order valence-electron chi connectivity index (χ0n) is 13.3. The molecule has 0 saturated carbocycles. The summed E-state index contributed by atoms with van der Waals surface area (Å²) < 4.78 is 43.4. The van der Waals surface area contributed by atoms with Gasteiger partial charge in [-0.1, -0.05) is 26.2 Å². The Morgan fingerprint density at radius 1 is 1.29 bits per heavy atom. The van der Waals surface area contributed by atoms with Gasteiger partial charge >= 0.3 is 29.6 Å². The molecule has 9 heteroatoms. The van der Waals surface area contributed by atoms with Gasteiger partial charge in [-0.2, -0.15) is 0 Å². The van der Waals surface area contributed by atoms with Crippen molar-refractivity contribution in [3.8, 4) is 11.5 Å². The van der Waals surface area contributed by atoms with Crippen molar-refractivity contribution in [1.82, 2.24) is 0 Å². The zero-order chi connectivity index (χ0) is 16.5. The van der Waals surface area contributed by atoms with E-state index in [9.17, 15) is 8.42 Å². The average Bonchev–Trinajstić information content (AvgIpc) is 2.98. The first-order chi connectivity index (χ1) is 11.2. The summed E-state index contributed by atoms with van der Waals surface area (Å²) in [6.07, 6.45) is 4.00. The summed E-state index contributed by atoms with van der Waals surface area (Å²) in [6.45, 7) is 3.43. The van der Waals surface area contributed by atoms with Gasteiger partial charge in [0.05, 0.1) is 12.7 Å². The number of hydrogen-bond acceptors (Lipinski definition) is 7. The Kier molecular flexibility index (Phi) is 11.6. The fraction of sp³-hybridized carbons (Fsp3) is 0.733. The summed E-state index contributed by atoms with van der Waals surface area (Å²) in [4.78, 5) is 0. The van der Waals surface area contributed by atoms with E-state index >= 15 is 0 Å². The van der Waals surface area contributed by atoms with E-state index in [1.807, 2.05) is 10.8 Å². The molecule has 2 atom stereocenters. The number of hydrogen-bond donors (Lipinski definition) is 1. The van der Waals surface area contributed by atoms with Gasteiger partial charge in [0.15, 0.2) is 17.6 Å². The molecule has 0 bridgehead atoms. The van der Waals surface area contributed by atoms with E-state index in [2.05, 4.69) is 6.92 Å². The second kappa shape index (κ2) is 12.5. The second-order valence-electron chi connectivity index (χ2n) is 5.46. The van der Waals surface area contributed by atoms with Crippen molar-refractivity contribution < 1.29 is 26.8 Å². The van der Waals surface area contributed by atoms with Crippen molar-refractivity contribution in [3.05, 3.63) is 10.8 Å². The Bertz CT molecular complexity index is 526. The number of thiol groups is 1. The molecule has 0 amide bonds. The monoisotopic (exact) mass is 388 g/mol. The van der Waals surface area contributed by atoms with Crippen LogP contribution in [0.1, 0.15) is 39.0 Å². The average molecular weight is 388 g/mol. The van der Waals surface area contributed by atoms with Crippen molar-refractivity contribution in [2.75, 3.05) is 19.8 Å². The van der Waals surface area contributed by atoms with E-state index in [0.29, 0.717) is 26.2 Å². The van der Waals surface area contributed by atoms with Crippen LogP contribution in [0.3, 0.4) is 0 Å². The van der Waals surface area contributed by atoms with E-state index in [1.165, 1.54) is 11.3 Å². The van der Waals surface area contributed by atoms with Crippen LogP contribution in [0.4, 0.5) is 0 Å². The van der Waals surface area contributed by atoms with Gasteiger partial charge in [0.1, 0.15) is 6.61 Å². The van der Waals surface area contributed by atoms with Crippen molar-refractivity contribution in [3.63, 3.8) is 0 Å². The van der Waals surface area contributed by atoms with Crippen LogP contribution in [0.2, 0.25) is 0 Å². The molecule has 0 aromatic carbocycles. The summed E-state index contributed by atoms with van der Waals surface area (Å²) in [5, 5.41) is 3.82. The predicted molar refractivity (Wildman–Crippen MR) is 96.1 cm³/mol. The Morgan fingerprint density at radius 2 is 2.08 bits per heavy atom. The molecule has 1 aromatic heterocycles. The number of fused-ring (bicyclic) bond motifs is 1. The molecule has 0 saturated heterocycles. The predicted octanol–water partition coefficient (Wildman–Crippen LogP) is 2.14. The quantitative estimate of drug-likeness (QED) is 0.356. The maximum absolute atomic E-state index is 10.8. The third-order valence-electron chi connectivity index (χ3n) is 3.56. The van der Waals surface area contributed by atoms with Gasteiger partial charge in [0, 0.05) is 17.4 Å². The van der Waals surface area contributed by atoms with Gasteiger partial charge in [-0.3, -0.25) is 4.18 Å². The third-order valence-corrected chi connectivity index (χ3v) is 4.73. The summed E-state index contributed by atoms with van der Waals surface area (Å²) in [7, 11) is -2.82. The van der Waals surface area contributed by atoms with Gasteiger partial charge in [-0.15, -0.1) is 11.3 Å². The van der Waals surface area contributed by atoms with Gasteiger partial charge in [-0.05, 0) is 12.8 Å². The fourth-order valence-electron chi connectivity index (χ4n) is 2.37. The number of unbranched alkanes of at least 4 members (excludes halogenated alkanes) is 2. The molecule has 2 unspecified atom stereocenters. The summed E-state index contributed by atoms with van der Waals surface area (Å²) >= 11 is 1.54. The van der Waals surface area contributed by atoms with Gasteiger partial charge in [0.25, 0.3) is 11.0 Å². The van der Waals surface area contributed by atoms with Crippen molar-refractivity contribution in [1.29, 1.82) is 0 Å². The first-order valence-corrected chi connectivity index (χ1v) is 9.97. The molecule has 24 heavy (non-hydrogen) atoms. The maximum atomic E-state index is 10.8. The van der Waals surface area contributed by atoms with Crippen LogP contribution < -0.4 is 9.47 Å². The van der Waals surface area contributed by atoms with E-state index in [0.717, 1.165) is 37.2 Å². The van der Waals surface area contributed by atoms with E-state index in [4.69, 9.17) is 18.4 Å².